The van der Waals surface area contributed by atoms with E-state index in [0.717, 1.165) is 43.2 Å². The van der Waals surface area contributed by atoms with Crippen LogP contribution in [0.25, 0.3) is 11.2 Å². The van der Waals surface area contributed by atoms with E-state index in [0.29, 0.717) is 11.8 Å². The van der Waals surface area contributed by atoms with Crippen molar-refractivity contribution in [1.29, 1.82) is 0 Å². The maximum atomic E-state index is 5.95. The van der Waals surface area contributed by atoms with Crippen LogP contribution in [-0.2, 0) is 17.2 Å². The van der Waals surface area contributed by atoms with Crippen LogP contribution >= 0.6 is 11.6 Å². The fourth-order valence-electron chi connectivity index (χ4n) is 2.28. The predicted octanol–water partition coefficient (Wildman–Crippen LogP) is 2.21. The molecule has 1 fully saturated rings. The highest BCUT2D eigenvalue weighted by atomic mass is 35.5. The first-order valence-corrected chi connectivity index (χ1v) is 6.36. The molecule has 1 aliphatic heterocycles. The molecule has 4 nitrogen and oxygen atoms in total. The summed E-state index contributed by atoms with van der Waals surface area (Å²) in [5, 5.41) is 0. The number of pyridine rings is 1. The number of ether oxygens (including phenoxy) is 1. The van der Waals surface area contributed by atoms with E-state index in [1.54, 1.807) is 6.20 Å². The Morgan fingerprint density at radius 2 is 2.47 bits per heavy atom. The minimum atomic E-state index is 0.421. The van der Waals surface area contributed by atoms with Crippen LogP contribution in [-0.4, -0.2) is 27.7 Å². The molecule has 17 heavy (non-hydrogen) atoms. The van der Waals surface area contributed by atoms with Crippen molar-refractivity contribution in [2.45, 2.75) is 18.8 Å². The molecule has 1 atom stereocenters. The van der Waals surface area contributed by atoms with Crippen molar-refractivity contribution in [2.75, 3.05) is 13.2 Å². The van der Waals surface area contributed by atoms with Crippen LogP contribution in [0, 0.1) is 5.92 Å². The number of halogens is 1. The summed E-state index contributed by atoms with van der Waals surface area (Å²) in [6.07, 6.45) is 2.90. The number of alkyl halides is 1. The van der Waals surface area contributed by atoms with Crippen molar-refractivity contribution < 1.29 is 4.74 Å². The molecule has 0 radical (unpaired) electrons. The van der Waals surface area contributed by atoms with E-state index in [1.807, 2.05) is 12.1 Å². The molecular weight excluding hydrogens is 238 g/mol. The number of hydrogen-bond donors (Lipinski definition) is 0. The first-order chi connectivity index (χ1) is 8.38. The molecule has 0 amide bonds. The Morgan fingerprint density at radius 1 is 1.53 bits per heavy atom. The van der Waals surface area contributed by atoms with Gasteiger partial charge in [-0.15, -0.1) is 11.6 Å². The van der Waals surface area contributed by atoms with E-state index in [4.69, 9.17) is 16.3 Å². The maximum Gasteiger partial charge on any atom is 0.160 e. The Labute approximate surface area is 105 Å². The third-order valence-corrected chi connectivity index (χ3v) is 3.41. The molecule has 3 rings (SSSR count). The average molecular weight is 252 g/mol. The van der Waals surface area contributed by atoms with Crippen LogP contribution in [0.5, 0.6) is 0 Å². The summed E-state index contributed by atoms with van der Waals surface area (Å²) in [6, 6.07) is 3.87. The monoisotopic (exact) mass is 251 g/mol. The summed E-state index contributed by atoms with van der Waals surface area (Å²) in [4.78, 5) is 8.89. The molecule has 0 bridgehead atoms. The van der Waals surface area contributed by atoms with Gasteiger partial charge in [0.15, 0.2) is 5.65 Å². The average Bonchev–Trinajstić information content (AvgIpc) is 2.98. The molecule has 3 heterocycles. The standard InChI is InChI=1S/C12H14ClN3O/c13-6-11-15-10-2-1-4-14-12(10)16(11)7-9-3-5-17-8-9/h1-2,4,9H,3,5-8H2. The van der Waals surface area contributed by atoms with E-state index < -0.39 is 0 Å². The fraction of sp³-hybridized carbons (Fsp3) is 0.500. The van der Waals surface area contributed by atoms with E-state index in [2.05, 4.69) is 14.5 Å². The van der Waals surface area contributed by atoms with Gasteiger partial charge >= 0.3 is 0 Å². The van der Waals surface area contributed by atoms with Gasteiger partial charge < -0.3 is 9.30 Å². The highest BCUT2D eigenvalue weighted by Gasteiger charge is 2.19. The normalized spacial score (nSPS) is 20.2. The van der Waals surface area contributed by atoms with E-state index in [9.17, 15) is 0 Å². The first kappa shape index (κ1) is 11.0. The van der Waals surface area contributed by atoms with Gasteiger partial charge in [-0.3, -0.25) is 0 Å². The molecule has 90 valence electrons. The van der Waals surface area contributed by atoms with Crippen LogP contribution in [0.3, 0.4) is 0 Å². The zero-order valence-corrected chi connectivity index (χ0v) is 10.2. The quantitative estimate of drug-likeness (QED) is 0.786. The molecule has 5 heteroatoms. The van der Waals surface area contributed by atoms with Crippen LogP contribution in [0.1, 0.15) is 12.2 Å². The topological polar surface area (TPSA) is 39.9 Å². The number of hydrogen-bond acceptors (Lipinski definition) is 3. The predicted molar refractivity (Wildman–Crippen MR) is 66.0 cm³/mol. The highest BCUT2D eigenvalue weighted by Crippen LogP contribution is 2.20. The second-order valence-corrected chi connectivity index (χ2v) is 4.62. The molecule has 0 N–H and O–H groups in total. The van der Waals surface area contributed by atoms with Crippen molar-refractivity contribution >= 4 is 22.8 Å². The zero-order chi connectivity index (χ0) is 11.7. The van der Waals surface area contributed by atoms with Crippen LogP contribution < -0.4 is 0 Å². The third-order valence-electron chi connectivity index (χ3n) is 3.17. The number of imidazole rings is 1. The SMILES string of the molecule is ClCc1nc2cccnc2n1CC1CCOC1. The summed E-state index contributed by atoms with van der Waals surface area (Å²) < 4.78 is 7.53. The van der Waals surface area contributed by atoms with Crippen molar-refractivity contribution in [3.8, 4) is 0 Å². The maximum absolute atomic E-state index is 5.95. The van der Waals surface area contributed by atoms with Gasteiger partial charge in [-0.25, -0.2) is 9.97 Å². The molecule has 0 aliphatic carbocycles. The number of aromatic nitrogens is 3. The van der Waals surface area contributed by atoms with Crippen molar-refractivity contribution in [2.24, 2.45) is 5.92 Å². The van der Waals surface area contributed by atoms with Crippen LogP contribution in [0.15, 0.2) is 18.3 Å². The lowest BCUT2D eigenvalue weighted by molar-refractivity contribution is 0.182. The Morgan fingerprint density at radius 3 is 3.24 bits per heavy atom. The van der Waals surface area contributed by atoms with Crippen molar-refractivity contribution in [3.05, 3.63) is 24.2 Å². The second-order valence-electron chi connectivity index (χ2n) is 4.35. The molecule has 1 saturated heterocycles. The highest BCUT2D eigenvalue weighted by molar-refractivity contribution is 6.16. The lowest BCUT2D eigenvalue weighted by Gasteiger charge is -2.11. The Bertz CT molecular complexity index is 519. The van der Waals surface area contributed by atoms with Gasteiger partial charge in [-0.1, -0.05) is 0 Å². The molecule has 2 aromatic heterocycles. The largest absolute Gasteiger partial charge is 0.381 e. The van der Waals surface area contributed by atoms with Gasteiger partial charge in [0.25, 0.3) is 0 Å². The van der Waals surface area contributed by atoms with Crippen molar-refractivity contribution in [1.82, 2.24) is 14.5 Å². The molecule has 0 spiro atoms. The lowest BCUT2D eigenvalue weighted by atomic mass is 10.1. The summed E-state index contributed by atoms with van der Waals surface area (Å²) in [6.45, 7) is 2.59. The van der Waals surface area contributed by atoms with E-state index in [-0.39, 0.29) is 0 Å². The third kappa shape index (κ3) is 2.03. The van der Waals surface area contributed by atoms with Gasteiger partial charge in [0.05, 0.1) is 12.5 Å². The van der Waals surface area contributed by atoms with E-state index >= 15 is 0 Å². The number of rotatable bonds is 3. The number of nitrogens with zero attached hydrogens (tertiary/aromatic N) is 3. The summed E-state index contributed by atoms with van der Waals surface area (Å²) >= 11 is 5.95. The van der Waals surface area contributed by atoms with Crippen LogP contribution in [0.2, 0.25) is 0 Å². The second kappa shape index (κ2) is 4.63. The molecule has 1 aliphatic rings. The van der Waals surface area contributed by atoms with Gasteiger partial charge in [0.1, 0.15) is 11.3 Å². The molecule has 2 aromatic rings. The zero-order valence-electron chi connectivity index (χ0n) is 9.47. The van der Waals surface area contributed by atoms with Gasteiger partial charge in [0, 0.05) is 25.3 Å². The Kier molecular flexibility index (Phi) is 2.99. The molecular formula is C12H14ClN3O. The first-order valence-electron chi connectivity index (χ1n) is 5.82. The molecule has 0 aromatic carbocycles. The van der Waals surface area contributed by atoms with Gasteiger partial charge in [-0.05, 0) is 18.6 Å². The minimum absolute atomic E-state index is 0.421. The van der Waals surface area contributed by atoms with Crippen molar-refractivity contribution in [3.63, 3.8) is 0 Å². The smallest absolute Gasteiger partial charge is 0.160 e. The van der Waals surface area contributed by atoms with Gasteiger partial charge in [-0.2, -0.15) is 0 Å². The number of fused-ring (bicyclic) bond motifs is 1. The van der Waals surface area contributed by atoms with E-state index in [1.165, 1.54) is 0 Å². The lowest BCUT2D eigenvalue weighted by Crippen LogP contribution is -2.13. The van der Waals surface area contributed by atoms with Crippen LogP contribution in [0.4, 0.5) is 0 Å². The molecule has 0 saturated carbocycles. The minimum Gasteiger partial charge on any atom is -0.381 e. The summed E-state index contributed by atoms with van der Waals surface area (Å²) in [5.74, 6) is 1.87. The summed E-state index contributed by atoms with van der Waals surface area (Å²) in [5.41, 5.74) is 1.84. The summed E-state index contributed by atoms with van der Waals surface area (Å²) in [7, 11) is 0. The Balaban J connectivity index is 1.99. The molecule has 1 unspecified atom stereocenters. The fourth-order valence-corrected chi connectivity index (χ4v) is 2.49. The van der Waals surface area contributed by atoms with Gasteiger partial charge in [0.2, 0.25) is 0 Å². The Hall–Kier alpha value is -1.13.